The maximum Gasteiger partial charge on any atom is 0.246 e. The van der Waals surface area contributed by atoms with Gasteiger partial charge in [0, 0.05) is 26.3 Å². The summed E-state index contributed by atoms with van der Waals surface area (Å²) in [5.41, 5.74) is 5.55. The highest BCUT2D eigenvalue weighted by molar-refractivity contribution is 7.89. The first-order valence-electron chi connectivity index (χ1n) is 6.23. The smallest absolute Gasteiger partial charge is 0.246 e. The first-order valence-corrected chi connectivity index (χ1v) is 7.67. The summed E-state index contributed by atoms with van der Waals surface area (Å²) in [6.07, 6.45) is 5.81. The molecule has 6 nitrogen and oxygen atoms in total. The van der Waals surface area contributed by atoms with Gasteiger partial charge in [-0.15, -0.1) is 0 Å². The molecular weight excluding hydrogens is 252 g/mol. The average molecular weight is 272 g/mol. The van der Waals surface area contributed by atoms with E-state index in [0.717, 1.165) is 19.3 Å². The van der Waals surface area contributed by atoms with E-state index >= 15 is 0 Å². The van der Waals surface area contributed by atoms with Crippen molar-refractivity contribution in [1.29, 1.82) is 0 Å². The lowest BCUT2D eigenvalue weighted by molar-refractivity contribution is 0.258. The second-order valence-electron chi connectivity index (χ2n) is 4.80. The molecule has 0 aromatic carbocycles. The van der Waals surface area contributed by atoms with Crippen LogP contribution in [0.15, 0.2) is 17.3 Å². The summed E-state index contributed by atoms with van der Waals surface area (Å²) in [5, 5.41) is 3.92. The van der Waals surface area contributed by atoms with Crippen LogP contribution in [0.5, 0.6) is 0 Å². The second kappa shape index (κ2) is 5.38. The highest BCUT2D eigenvalue weighted by Gasteiger charge is 2.30. The van der Waals surface area contributed by atoms with Gasteiger partial charge in [-0.1, -0.05) is 0 Å². The van der Waals surface area contributed by atoms with Gasteiger partial charge < -0.3 is 5.73 Å². The Bertz CT molecular complexity index is 495. The van der Waals surface area contributed by atoms with E-state index in [0.29, 0.717) is 25.6 Å². The van der Waals surface area contributed by atoms with E-state index in [1.807, 2.05) is 0 Å². The fourth-order valence-electron chi connectivity index (χ4n) is 2.40. The molecule has 1 unspecified atom stereocenters. The number of hydrogen-bond acceptors (Lipinski definition) is 4. The van der Waals surface area contributed by atoms with Crippen molar-refractivity contribution in [1.82, 2.24) is 14.1 Å². The van der Waals surface area contributed by atoms with Gasteiger partial charge in [0.25, 0.3) is 0 Å². The van der Waals surface area contributed by atoms with Crippen LogP contribution in [0.4, 0.5) is 0 Å². The molecule has 1 aromatic heterocycles. The Kier molecular flexibility index (Phi) is 4.04. The molecule has 2 heterocycles. The summed E-state index contributed by atoms with van der Waals surface area (Å²) in [6, 6.07) is 0. The molecule has 7 heteroatoms. The molecule has 0 radical (unpaired) electrons. The van der Waals surface area contributed by atoms with Crippen molar-refractivity contribution >= 4 is 10.0 Å². The Morgan fingerprint density at radius 2 is 2.33 bits per heavy atom. The quantitative estimate of drug-likeness (QED) is 0.847. The zero-order valence-corrected chi connectivity index (χ0v) is 11.4. The van der Waals surface area contributed by atoms with E-state index in [1.54, 1.807) is 17.5 Å². The molecule has 2 rings (SSSR count). The predicted octanol–water partition coefficient (Wildman–Crippen LogP) is 0.170. The minimum Gasteiger partial charge on any atom is -0.330 e. The summed E-state index contributed by atoms with van der Waals surface area (Å²) < 4.78 is 27.9. The van der Waals surface area contributed by atoms with Gasteiger partial charge >= 0.3 is 0 Å². The van der Waals surface area contributed by atoms with Gasteiger partial charge in [-0.25, -0.2) is 8.42 Å². The molecule has 0 saturated carbocycles. The number of piperidine rings is 1. The molecule has 1 saturated heterocycles. The summed E-state index contributed by atoms with van der Waals surface area (Å²) in [5.74, 6) is 0.384. The lowest BCUT2D eigenvalue weighted by Crippen LogP contribution is -2.40. The maximum absolute atomic E-state index is 12.4. The number of nitrogens with zero attached hydrogens (tertiary/aromatic N) is 3. The van der Waals surface area contributed by atoms with Crippen LogP contribution in [0.25, 0.3) is 0 Å². The molecule has 1 aliphatic rings. The Labute approximate surface area is 108 Å². The molecular formula is C11H20N4O2S. The molecule has 1 aromatic rings. The van der Waals surface area contributed by atoms with Crippen molar-refractivity contribution in [3.63, 3.8) is 0 Å². The summed E-state index contributed by atoms with van der Waals surface area (Å²) in [7, 11) is -1.67. The molecule has 0 bridgehead atoms. The lowest BCUT2D eigenvalue weighted by Gasteiger charge is -2.31. The van der Waals surface area contributed by atoms with Crippen molar-refractivity contribution in [3.05, 3.63) is 12.4 Å². The Morgan fingerprint density at radius 3 is 2.94 bits per heavy atom. The number of sulfonamides is 1. The van der Waals surface area contributed by atoms with Gasteiger partial charge in [-0.2, -0.15) is 9.40 Å². The first kappa shape index (κ1) is 13.5. The van der Waals surface area contributed by atoms with Crippen LogP contribution in [-0.4, -0.2) is 42.1 Å². The van der Waals surface area contributed by atoms with Gasteiger partial charge in [0.2, 0.25) is 10.0 Å². The molecule has 0 aliphatic carbocycles. The number of aryl methyl sites for hydroxylation is 1. The van der Waals surface area contributed by atoms with Crippen molar-refractivity contribution in [3.8, 4) is 0 Å². The van der Waals surface area contributed by atoms with E-state index in [-0.39, 0.29) is 4.90 Å². The molecule has 1 aliphatic heterocycles. The summed E-state index contributed by atoms with van der Waals surface area (Å²) in [6.45, 7) is 1.79. The molecule has 1 atom stereocenters. The summed E-state index contributed by atoms with van der Waals surface area (Å²) in [4.78, 5) is 0.276. The largest absolute Gasteiger partial charge is 0.330 e. The number of rotatable bonds is 4. The molecule has 102 valence electrons. The third kappa shape index (κ3) is 2.73. The number of nitrogens with two attached hydrogens (primary N) is 1. The van der Waals surface area contributed by atoms with Crippen molar-refractivity contribution < 1.29 is 8.42 Å². The third-order valence-corrected chi connectivity index (χ3v) is 5.19. The van der Waals surface area contributed by atoms with E-state index < -0.39 is 10.0 Å². The Balaban J connectivity index is 2.15. The predicted molar refractivity (Wildman–Crippen MR) is 68.4 cm³/mol. The van der Waals surface area contributed by atoms with Crippen LogP contribution in [0.1, 0.15) is 19.3 Å². The molecule has 0 spiro atoms. The van der Waals surface area contributed by atoms with Gasteiger partial charge in [0.15, 0.2) is 0 Å². The lowest BCUT2D eigenvalue weighted by atomic mass is 9.96. The van der Waals surface area contributed by atoms with E-state index in [1.165, 1.54) is 10.9 Å². The Morgan fingerprint density at radius 1 is 1.56 bits per heavy atom. The van der Waals surface area contributed by atoms with E-state index in [9.17, 15) is 8.42 Å². The minimum absolute atomic E-state index is 0.276. The molecule has 18 heavy (non-hydrogen) atoms. The number of aromatic nitrogens is 2. The highest BCUT2D eigenvalue weighted by atomic mass is 32.2. The highest BCUT2D eigenvalue weighted by Crippen LogP contribution is 2.24. The van der Waals surface area contributed by atoms with Crippen LogP contribution >= 0.6 is 0 Å². The second-order valence-corrected chi connectivity index (χ2v) is 6.74. The van der Waals surface area contributed by atoms with E-state index in [2.05, 4.69) is 5.10 Å². The van der Waals surface area contributed by atoms with Crippen molar-refractivity contribution in [2.45, 2.75) is 24.2 Å². The normalized spacial score (nSPS) is 22.2. The van der Waals surface area contributed by atoms with E-state index in [4.69, 9.17) is 5.73 Å². The fraction of sp³-hybridized carbons (Fsp3) is 0.727. The van der Waals surface area contributed by atoms with Gasteiger partial charge in [-0.3, -0.25) is 4.68 Å². The van der Waals surface area contributed by atoms with Gasteiger partial charge in [0.1, 0.15) is 4.90 Å². The van der Waals surface area contributed by atoms with Crippen LogP contribution in [-0.2, 0) is 17.1 Å². The monoisotopic (exact) mass is 272 g/mol. The number of hydrogen-bond donors (Lipinski definition) is 1. The average Bonchev–Trinajstić information content (AvgIpc) is 2.77. The van der Waals surface area contributed by atoms with Crippen LogP contribution in [0.2, 0.25) is 0 Å². The van der Waals surface area contributed by atoms with Crippen LogP contribution in [0, 0.1) is 5.92 Å². The zero-order chi connectivity index (χ0) is 13.2. The third-order valence-electron chi connectivity index (χ3n) is 3.38. The van der Waals surface area contributed by atoms with Gasteiger partial charge in [0.05, 0.1) is 6.20 Å². The fourth-order valence-corrected chi connectivity index (χ4v) is 3.94. The van der Waals surface area contributed by atoms with Crippen LogP contribution < -0.4 is 5.73 Å². The standard InChI is InChI=1S/C11H20N4O2S/c1-14-9-11(7-13-14)18(16,17)15-6-2-3-10(8-15)4-5-12/h7,9-10H,2-6,8,12H2,1H3. The first-order chi connectivity index (χ1) is 8.54. The van der Waals surface area contributed by atoms with Crippen molar-refractivity contribution in [2.75, 3.05) is 19.6 Å². The van der Waals surface area contributed by atoms with Crippen molar-refractivity contribution in [2.24, 2.45) is 18.7 Å². The zero-order valence-electron chi connectivity index (χ0n) is 10.6. The van der Waals surface area contributed by atoms with Crippen LogP contribution in [0.3, 0.4) is 0 Å². The molecule has 2 N–H and O–H groups in total. The molecule has 1 fully saturated rings. The van der Waals surface area contributed by atoms with Gasteiger partial charge in [-0.05, 0) is 31.7 Å². The summed E-state index contributed by atoms with van der Waals surface area (Å²) >= 11 is 0. The maximum atomic E-state index is 12.4. The SMILES string of the molecule is Cn1cc(S(=O)(=O)N2CCCC(CCN)C2)cn1. The molecule has 0 amide bonds. The topological polar surface area (TPSA) is 81.2 Å². The Hall–Kier alpha value is -0.920. The minimum atomic E-state index is -3.38.